The lowest BCUT2D eigenvalue weighted by Crippen LogP contribution is -2.38. The molecule has 0 aliphatic heterocycles. The second-order valence-corrected chi connectivity index (χ2v) is 8.22. The van der Waals surface area contributed by atoms with Gasteiger partial charge in [-0.3, -0.25) is 19.7 Å². The quantitative estimate of drug-likeness (QED) is 0.531. The Balaban J connectivity index is 2.07. The molecule has 2 aromatic rings. The summed E-state index contributed by atoms with van der Waals surface area (Å²) < 4.78 is 36.9. The number of nitrogens with zero attached hydrogens (tertiary/aromatic N) is 2. The summed E-state index contributed by atoms with van der Waals surface area (Å²) in [6.07, 6.45) is 0.819. The van der Waals surface area contributed by atoms with Gasteiger partial charge in [0.15, 0.2) is 9.84 Å². The third-order valence-corrected chi connectivity index (χ3v) is 5.15. The minimum atomic E-state index is -3.86. The van der Waals surface area contributed by atoms with Crippen molar-refractivity contribution >= 4 is 27.3 Å². The van der Waals surface area contributed by atoms with Gasteiger partial charge in [0.2, 0.25) is 5.91 Å². The number of likely N-dealkylation sites (N-methyl/N-ethyl adjacent to an activating group) is 1. The molecule has 0 spiro atoms. The Morgan fingerprint density at radius 2 is 1.86 bits per heavy atom. The van der Waals surface area contributed by atoms with Gasteiger partial charge >= 0.3 is 0 Å². The van der Waals surface area contributed by atoms with E-state index >= 15 is 0 Å². The number of nitrogens with one attached hydrogen (secondary N) is 1. The van der Waals surface area contributed by atoms with Crippen LogP contribution in [0.15, 0.2) is 47.4 Å². The zero-order chi connectivity index (χ0) is 21.8. The smallest absolute Gasteiger partial charge is 0.288 e. The highest BCUT2D eigenvalue weighted by Gasteiger charge is 2.24. The van der Waals surface area contributed by atoms with Crippen LogP contribution >= 0.6 is 0 Å². The second kappa shape index (κ2) is 8.78. The van der Waals surface area contributed by atoms with Crippen LogP contribution in [0.25, 0.3) is 0 Å². The van der Waals surface area contributed by atoms with Crippen molar-refractivity contribution in [3.8, 4) is 0 Å². The molecule has 29 heavy (non-hydrogen) atoms. The number of carbonyl (C=O) groups excluding carboxylic acids is 2. The number of hydrogen-bond acceptors (Lipinski definition) is 6. The number of amides is 2. The summed E-state index contributed by atoms with van der Waals surface area (Å²) in [6.45, 7) is -0.429. The SMILES string of the molecule is CN(Cc1ccccc1F)C(=O)CNC(=O)c1ccc(S(C)(=O)=O)c([N+](=O)[O-])c1. The Kier molecular flexibility index (Phi) is 6.64. The molecule has 0 aliphatic rings. The predicted octanol–water partition coefficient (Wildman–Crippen LogP) is 1.53. The Bertz CT molecular complexity index is 1070. The van der Waals surface area contributed by atoms with Crippen molar-refractivity contribution in [3.05, 3.63) is 69.5 Å². The van der Waals surface area contributed by atoms with Crippen molar-refractivity contribution in [2.45, 2.75) is 11.4 Å². The Hall–Kier alpha value is -3.34. The second-order valence-electron chi connectivity index (χ2n) is 6.24. The third kappa shape index (κ3) is 5.57. The van der Waals surface area contributed by atoms with Crippen LogP contribution in [0.3, 0.4) is 0 Å². The Morgan fingerprint density at radius 3 is 2.45 bits per heavy atom. The van der Waals surface area contributed by atoms with Gasteiger partial charge in [0, 0.05) is 37.0 Å². The molecule has 2 amide bonds. The summed E-state index contributed by atoms with van der Waals surface area (Å²) in [7, 11) is -2.42. The van der Waals surface area contributed by atoms with Crippen molar-refractivity contribution in [2.75, 3.05) is 19.8 Å². The average Bonchev–Trinajstić information content (AvgIpc) is 2.66. The first-order chi connectivity index (χ1) is 13.5. The summed E-state index contributed by atoms with van der Waals surface area (Å²) in [6, 6.07) is 8.86. The molecule has 11 heteroatoms. The number of nitro benzene ring substituents is 1. The summed E-state index contributed by atoms with van der Waals surface area (Å²) in [5, 5.41) is 13.4. The summed E-state index contributed by atoms with van der Waals surface area (Å²) >= 11 is 0. The lowest BCUT2D eigenvalue weighted by molar-refractivity contribution is -0.387. The summed E-state index contributed by atoms with van der Waals surface area (Å²) in [5.41, 5.74) is -0.599. The van der Waals surface area contributed by atoms with Crippen LogP contribution in [0.2, 0.25) is 0 Å². The number of sulfone groups is 1. The molecule has 0 saturated heterocycles. The van der Waals surface area contributed by atoms with Gasteiger partial charge in [0.25, 0.3) is 11.6 Å². The van der Waals surface area contributed by atoms with E-state index in [0.29, 0.717) is 5.56 Å². The average molecular weight is 423 g/mol. The van der Waals surface area contributed by atoms with Gasteiger partial charge in [-0.2, -0.15) is 0 Å². The molecule has 0 radical (unpaired) electrons. The highest BCUT2D eigenvalue weighted by Crippen LogP contribution is 2.24. The number of rotatable bonds is 7. The molecule has 2 rings (SSSR count). The van der Waals surface area contributed by atoms with Crippen molar-refractivity contribution in [1.29, 1.82) is 0 Å². The van der Waals surface area contributed by atoms with Gasteiger partial charge in [-0.25, -0.2) is 12.8 Å². The van der Waals surface area contributed by atoms with Crippen molar-refractivity contribution in [3.63, 3.8) is 0 Å². The van der Waals surface area contributed by atoms with E-state index in [2.05, 4.69) is 5.32 Å². The molecule has 0 unspecified atom stereocenters. The first kappa shape index (κ1) is 22.0. The highest BCUT2D eigenvalue weighted by atomic mass is 32.2. The predicted molar refractivity (Wildman–Crippen MR) is 101 cm³/mol. The van der Waals surface area contributed by atoms with Gasteiger partial charge in [0.1, 0.15) is 10.7 Å². The fourth-order valence-electron chi connectivity index (χ4n) is 2.48. The number of hydrogen-bond donors (Lipinski definition) is 1. The van der Waals surface area contributed by atoms with E-state index < -0.39 is 49.5 Å². The molecular weight excluding hydrogens is 405 g/mol. The normalized spacial score (nSPS) is 11.0. The van der Waals surface area contributed by atoms with E-state index in [1.807, 2.05) is 0 Å². The Morgan fingerprint density at radius 1 is 1.21 bits per heavy atom. The molecule has 0 atom stereocenters. The molecule has 154 valence electrons. The molecule has 0 bridgehead atoms. The minimum Gasteiger partial charge on any atom is -0.343 e. The van der Waals surface area contributed by atoms with Crippen LogP contribution in [-0.4, -0.2) is 49.9 Å². The molecule has 0 saturated carbocycles. The third-order valence-electron chi connectivity index (χ3n) is 4.01. The largest absolute Gasteiger partial charge is 0.343 e. The minimum absolute atomic E-state index is 0.00406. The van der Waals surface area contributed by atoms with E-state index in [1.54, 1.807) is 6.07 Å². The lowest BCUT2D eigenvalue weighted by Gasteiger charge is -2.18. The number of carbonyl (C=O) groups is 2. The number of nitro groups is 1. The summed E-state index contributed by atoms with van der Waals surface area (Å²) in [5.74, 6) is -1.76. The zero-order valence-electron chi connectivity index (χ0n) is 15.6. The van der Waals surface area contributed by atoms with E-state index in [9.17, 15) is 32.5 Å². The van der Waals surface area contributed by atoms with Crippen LogP contribution in [-0.2, 0) is 21.2 Å². The fourth-order valence-corrected chi connectivity index (χ4v) is 3.31. The highest BCUT2D eigenvalue weighted by molar-refractivity contribution is 7.90. The maximum atomic E-state index is 13.7. The van der Waals surface area contributed by atoms with Gasteiger partial charge in [-0.15, -0.1) is 0 Å². The molecule has 0 heterocycles. The summed E-state index contributed by atoms with van der Waals surface area (Å²) in [4.78, 5) is 35.3. The molecular formula is C18H18FN3O6S. The molecule has 0 fully saturated rings. The van der Waals surface area contributed by atoms with Crippen LogP contribution < -0.4 is 5.32 Å². The standard InChI is InChI=1S/C18H18FN3O6S/c1-21(11-13-5-3-4-6-14(13)19)17(23)10-20-18(24)12-7-8-16(29(2,27)28)15(9-12)22(25)26/h3-9H,10-11H2,1-2H3,(H,20,24). The van der Waals surface area contributed by atoms with Gasteiger partial charge in [-0.1, -0.05) is 18.2 Å². The molecule has 9 nitrogen and oxygen atoms in total. The maximum Gasteiger partial charge on any atom is 0.288 e. The van der Waals surface area contributed by atoms with Gasteiger partial charge in [0.05, 0.1) is 11.5 Å². The zero-order valence-corrected chi connectivity index (χ0v) is 16.4. The Labute approximate surface area is 166 Å². The number of halogens is 1. The van der Waals surface area contributed by atoms with Crippen LogP contribution in [0.4, 0.5) is 10.1 Å². The van der Waals surface area contributed by atoms with Crippen LogP contribution in [0, 0.1) is 15.9 Å². The van der Waals surface area contributed by atoms with E-state index in [0.717, 1.165) is 24.5 Å². The van der Waals surface area contributed by atoms with E-state index in [4.69, 9.17) is 0 Å². The van der Waals surface area contributed by atoms with Crippen LogP contribution in [0.5, 0.6) is 0 Å². The molecule has 0 aliphatic carbocycles. The topological polar surface area (TPSA) is 127 Å². The molecule has 1 N–H and O–H groups in total. The maximum absolute atomic E-state index is 13.7. The first-order valence-electron chi connectivity index (χ1n) is 8.24. The van der Waals surface area contributed by atoms with Crippen molar-refractivity contribution in [2.24, 2.45) is 0 Å². The van der Waals surface area contributed by atoms with Crippen molar-refractivity contribution < 1.29 is 27.3 Å². The van der Waals surface area contributed by atoms with Crippen molar-refractivity contribution in [1.82, 2.24) is 10.2 Å². The van der Waals surface area contributed by atoms with Gasteiger partial charge < -0.3 is 10.2 Å². The monoisotopic (exact) mass is 423 g/mol. The van der Waals surface area contributed by atoms with E-state index in [-0.39, 0.29) is 12.1 Å². The van der Waals surface area contributed by atoms with Crippen LogP contribution in [0.1, 0.15) is 15.9 Å². The fraction of sp³-hybridized carbons (Fsp3) is 0.222. The van der Waals surface area contributed by atoms with E-state index in [1.165, 1.54) is 30.1 Å². The lowest BCUT2D eigenvalue weighted by atomic mass is 10.2. The first-order valence-corrected chi connectivity index (χ1v) is 10.1. The molecule has 2 aromatic carbocycles. The van der Waals surface area contributed by atoms with Gasteiger partial charge in [-0.05, 0) is 18.2 Å². The number of benzene rings is 2. The molecule has 0 aromatic heterocycles.